The monoisotopic (exact) mass is 306 g/mol. The van der Waals surface area contributed by atoms with Crippen LogP contribution in [0.15, 0.2) is 28.7 Å². The zero-order valence-corrected chi connectivity index (χ0v) is 9.83. The lowest BCUT2D eigenvalue weighted by Crippen LogP contribution is -2.09. The Morgan fingerprint density at radius 3 is 2.18 bits per heavy atom. The highest BCUT2D eigenvalue weighted by Gasteiger charge is 2.37. The fourth-order valence-corrected chi connectivity index (χ4v) is 1.47. The van der Waals surface area contributed by atoms with Gasteiger partial charge in [0.05, 0.1) is 5.69 Å². The summed E-state index contributed by atoms with van der Waals surface area (Å²) in [5, 5.41) is 6.85. The number of aromatic nitrogens is 3. The fourth-order valence-electron chi connectivity index (χ4n) is 1.21. The Hall–Kier alpha value is -1.57. The van der Waals surface area contributed by atoms with Gasteiger partial charge in [-0.3, -0.25) is 0 Å². The molecule has 2 N–H and O–H groups in total. The van der Waals surface area contributed by atoms with Gasteiger partial charge in [-0.2, -0.15) is 13.2 Å². The van der Waals surface area contributed by atoms with E-state index in [2.05, 4.69) is 26.1 Å². The van der Waals surface area contributed by atoms with Crippen molar-refractivity contribution < 1.29 is 13.2 Å². The maximum absolute atomic E-state index is 12.4. The number of benzene rings is 1. The number of hydrogen-bond donors (Lipinski definition) is 1. The van der Waals surface area contributed by atoms with Crippen LogP contribution in [0.1, 0.15) is 5.69 Å². The molecule has 8 heteroatoms. The summed E-state index contributed by atoms with van der Waals surface area (Å²) in [5.41, 5.74) is 4.39. The third-order valence-electron chi connectivity index (χ3n) is 1.97. The summed E-state index contributed by atoms with van der Waals surface area (Å²) in [5.74, 6) is -0.639. The van der Waals surface area contributed by atoms with Gasteiger partial charge in [0.2, 0.25) is 5.69 Å². The van der Waals surface area contributed by atoms with Gasteiger partial charge in [0.1, 0.15) is 0 Å². The van der Waals surface area contributed by atoms with Gasteiger partial charge in [0.15, 0.2) is 5.82 Å². The molecule has 17 heavy (non-hydrogen) atoms. The average molecular weight is 307 g/mol. The molecule has 2 aromatic rings. The number of anilines is 1. The predicted molar refractivity (Wildman–Crippen MR) is 58.5 cm³/mol. The Balaban J connectivity index is 2.45. The molecule has 90 valence electrons. The highest BCUT2D eigenvalue weighted by molar-refractivity contribution is 9.10. The first-order chi connectivity index (χ1) is 7.88. The van der Waals surface area contributed by atoms with Gasteiger partial charge < -0.3 is 5.73 Å². The molecule has 0 radical (unpaired) electrons. The lowest BCUT2D eigenvalue weighted by Gasteiger charge is -2.01. The summed E-state index contributed by atoms with van der Waals surface area (Å²) >= 11 is 3.21. The summed E-state index contributed by atoms with van der Waals surface area (Å²) < 4.78 is 38.1. The van der Waals surface area contributed by atoms with Crippen LogP contribution in [0.5, 0.6) is 0 Å². The number of nitrogens with two attached hydrogens (primary N) is 1. The third-order valence-corrected chi connectivity index (χ3v) is 2.49. The summed E-state index contributed by atoms with van der Waals surface area (Å²) in [6, 6.07) is 6.48. The number of rotatable bonds is 1. The Labute approximate surface area is 102 Å². The van der Waals surface area contributed by atoms with Crippen LogP contribution in [0.2, 0.25) is 0 Å². The van der Waals surface area contributed by atoms with Crippen molar-refractivity contribution in [3.8, 4) is 5.69 Å². The average Bonchev–Trinajstić information content (AvgIpc) is 2.61. The number of nitrogen functional groups attached to an aromatic ring is 1. The van der Waals surface area contributed by atoms with E-state index in [1.54, 1.807) is 24.3 Å². The van der Waals surface area contributed by atoms with Gasteiger partial charge in [0, 0.05) is 4.47 Å². The van der Waals surface area contributed by atoms with E-state index >= 15 is 0 Å². The molecule has 0 aliphatic rings. The van der Waals surface area contributed by atoms with E-state index in [4.69, 9.17) is 5.73 Å². The topological polar surface area (TPSA) is 56.7 Å². The second kappa shape index (κ2) is 4.02. The van der Waals surface area contributed by atoms with E-state index in [1.807, 2.05) is 0 Å². The van der Waals surface area contributed by atoms with Crippen molar-refractivity contribution in [2.45, 2.75) is 6.18 Å². The van der Waals surface area contributed by atoms with Crippen LogP contribution < -0.4 is 5.73 Å². The number of hydrogen-bond acceptors (Lipinski definition) is 3. The molecule has 0 atom stereocenters. The lowest BCUT2D eigenvalue weighted by molar-refractivity contribution is -0.140. The Morgan fingerprint density at radius 1 is 1.12 bits per heavy atom. The molecule has 0 bridgehead atoms. The van der Waals surface area contributed by atoms with Gasteiger partial charge in [-0.05, 0) is 24.3 Å². The van der Waals surface area contributed by atoms with Crippen LogP contribution in [0.4, 0.5) is 19.0 Å². The molecule has 0 saturated heterocycles. The molecule has 0 amide bonds. The maximum atomic E-state index is 12.4. The Bertz CT molecular complexity index is 532. The predicted octanol–water partition coefficient (Wildman–Crippen LogP) is 2.63. The van der Waals surface area contributed by atoms with E-state index in [0.717, 1.165) is 9.27 Å². The second-order valence-electron chi connectivity index (χ2n) is 3.20. The minimum atomic E-state index is -4.60. The first kappa shape index (κ1) is 11.9. The van der Waals surface area contributed by atoms with Gasteiger partial charge in [-0.1, -0.05) is 15.9 Å². The van der Waals surface area contributed by atoms with E-state index in [0.29, 0.717) is 5.69 Å². The van der Waals surface area contributed by atoms with Crippen molar-refractivity contribution in [2.24, 2.45) is 0 Å². The fraction of sp³-hybridized carbons (Fsp3) is 0.111. The first-order valence-electron chi connectivity index (χ1n) is 4.44. The molecule has 4 nitrogen and oxygen atoms in total. The molecule has 1 aromatic heterocycles. The van der Waals surface area contributed by atoms with E-state index in [1.165, 1.54) is 0 Å². The van der Waals surface area contributed by atoms with Crippen molar-refractivity contribution in [1.82, 2.24) is 15.0 Å². The van der Waals surface area contributed by atoms with Crippen molar-refractivity contribution in [1.29, 1.82) is 0 Å². The van der Waals surface area contributed by atoms with Crippen LogP contribution in [-0.2, 0) is 6.18 Å². The minimum absolute atomic E-state index is 0.399. The maximum Gasteiger partial charge on any atom is 0.438 e. The highest BCUT2D eigenvalue weighted by atomic mass is 79.9. The summed E-state index contributed by atoms with van der Waals surface area (Å²) in [6.45, 7) is 0. The minimum Gasteiger partial charge on any atom is -0.380 e. The van der Waals surface area contributed by atoms with E-state index in [-0.39, 0.29) is 0 Å². The van der Waals surface area contributed by atoms with Crippen molar-refractivity contribution in [3.05, 3.63) is 34.4 Å². The zero-order valence-electron chi connectivity index (χ0n) is 8.24. The quantitative estimate of drug-likeness (QED) is 0.881. The first-order valence-corrected chi connectivity index (χ1v) is 5.23. The van der Waals surface area contributed by atoms with Crippen LogP contribution >= 0.6 is 15.9 Å². The Kier molecular flexibility index (Phi) is 2.82. The van der Waals surface area contributed by atoms with E-state index < -0.39 is 17.7 Å². The number of alkyl halides is 3. The van der Waals surface area contributed by atoms with Crippen LogP contribution in [0.3, 0.4) is 0 Å². The largest absolute Gasteiger partial charge is 0.438 e. The van der Waals surface area contributed by atoms with Crippen molar-refractivity contribution in [2.75, 3.05) is 5.73 Å². The van der Waals surface area contributed by atoms with Gasteiger partial charge >= 0.3 is 6.18 Å². The molecule has 1 aromatic carbocycles. The van der Waals surface area contributed by atoms with Gasteiger partial charge in [-0.25, -0.2) is 0 Å². The molecule has 0 aliphatic carbocycles. The van der Waals surface area contributed by atoms with Gasteiger partial charge in [0.25, 0.3) is 0 Å². The zero-order chi connectivity index (χ0) is 12.6. The summed E-state index contributed by atoms with van der Waals surface area (Å²) in [4.78, 5) is 0.852. The smallest absolute Gasteiger partial charge is 0.380 e. The molecule has 0 aliphatic heterocycles. The second-order valence-corrected chi connectivity index (χ2v) is 4.11. The molecule has 2 rings (SSSR count). The number of nitrogens with zero attached hydrogens (tertiary/aromatic N) is 3. The van der Waals surface area contributed by atoms with Crippen LogP contribution in [0.25, 0.3) is 5.69 Å². The molecule has 0 fully saturated rings. The highest BCUT2D eigenvalue weighted by Crippen LogP contribution is 2.31. The molecule has 0 spiro atoms. The number of halogens is 4. The molecule has 0 saturated carbocycles. The standard InChI is InChI=1S/C9H6BrF3N4/c10-5-1-3-6(4-2-5)17-15-7(8(14)16-17)9(11,12)13/h1-4H,(H2,14,16). The van der Waals surface area contributed by atoms with Gasteiger partial charge in [-0.15, -0.1) is 15.0 Å². The molecule has 0 unspecified atom stereocenters. The molecular weight excluding hydrogens is 301 g/mol. The third kappa shape index (κ3) is 2.41. The summed E-state index contributed by atoms with van der Waals surface area (Å²) in [6.07, 6.45) is -4.60. The van der Waals surface area contributed by atoms with Crippen LogP contribution in [-0.4, -0.2) is 15.0 Å². The van der Waals surface area contributed by atoms with Crippen LogP contribution in [0, 0.1) is 0 Å². The van der Waals surface area contributed by atoms with Crippen molar-refractivity contribution in [3.63, 3.8) is 0 Å². The Morgan fingerprint density at radius 2 is 1.71 bits per heavy atom. The van der Waals surface area contributed by atoms with E-state index in [9.17, 15) is 13.2 Å². The molecule has 1 heterocycles. The molecular formula is C9H6BrF3N4. The summed E-state index contributed by atoms with van der Waals surface area (Å²) in [7, 11) is 0. The lowest BCUT2D eigenvalue weighted by atomic mass is 10.3. The SMILES string of the molecule is Nc1nn(-c2ccc(Br)cc2)nc1C(F)(F)F. The normalized spacial score (nSPS) is 11.8. The van der Waals surface area contributed by atoms with Crippen molar-refractivity contribution >= 4 is 21.7 Å².